The lowest BCUT2D eigenvalue weighted by Gasteiger charge is -2.21. The van der Waals surface area contributed by atoms with Gasteiger partial charge in [0.25, 0.3) is 0 Å². The number of aliphatic carboxylic acids is 2. The van der Waals surface area contributed by atoms with Crippen LogP contribution in [0, 0.1) is 0 Å². The summed E-state index contributed by atoms with van der Waals surface area (Å²) in [5.74, 6) is -4.63. The van der Waals surface area contributed by atoms with E-state index in [9.17, 15) is 24.0 Å². The average molecular weight is 392 g/mol. The van der Waals surface area contributed by atoms with Crippen molar-refractivity contribution in [3.05, 3.63) is 0 Å². The van der Waals surface area contributed by atoms with E-state index in [2.05, 4.69) is 10.6 Å². The molecule has 0 spiro atoms. The highest BCUT2D eigenvalue weighted by Crippen LogP contribution is 2.03. The second-order valence-electron chi connectivity index (χ2n) is 5.45. The summed E-state index contributed by atoms with van der Waals surface area (Å²) in [6, 6.07) is -3.89. The van der Waals surface area contributed by atoms with Gasteiger partial charge in [-0.2, -0.15) is 11.8 Å². The van der Waals surface area contributed by atoms with Crippen LogP contribution in [0.1, 0.15) is 25.7 Å². The van der Waals surface area contributed by atoms with Gasteiger partial charge in [0.1, 0.15) is 12.1 Å². The summed E-state index contributed by atoms with van der Waals surface area (Å²) >= 11 is 1.38. The number of carbonyl (C=O) groups is 5. The number of carboxylic acids is 2. The Kier molecular flexibility index (Phi) is 11.0. The van der Waals surface area contributed by atoms with E-state index in [1.54, 1.807) is 6.26 Å². The number of amides is 3. The van der Waals surface area contributed by atoms with Gasteiger partial charge in [0.2, 0.25) is 17.7 Å². The summed E-state index contributed by atoms with van der Waals surface area (Å²) in [6.07, 6.45) is 0.916. The van der Waals surface area contributed by atoms with Crippen molar-refractivity contribution in [3.63, 3.8) is 0 Å². The fourth-order valence-electron chi connectivity index (χ4n) is 1.86. The van der Waals surface area contributed by atoms with Crippen LogP contribution in [0.5, 0.6) is 0 Å². The number of carbonyl (C=O) groups excluding carboxylic acids is 3. The van der Waals surface area contributed by atoms with Crippen LogP contribution in [0.3, 0.4) is 0 Å². The van der Waals surface area contributed by atoms with Gasteiger partial charge in [-0.05, 0) is 24.9 Å². The molecule has 0 aliphatic heterocycles. The average Bonchev–Trinajstić information content (AvgIpc) is 2.54. The van der Waals surface area contributed by atoms with E-state index in [4.69, 9.17) is 21.7 Å². The number of rotatable bonds is 13. The molecule has 0 saturated heterocycles. The summed E-state index contributed by atoms with van der Waals surface area (Å²) in [7, 11) is 0. The first-order chi connectivity index (χ1) is 12.1. The molecule has 0 aliphatic rings. The molecule has 148 valence electrons. The van der Waals surface area contributed by atoms with E-state index in [0.717, 1.165) is 0 Å². The number of carboxylic acid groups (broad SMARTS) is 2. The zero-order valence-corrected chi connectivity index (χ0v) is 15.1. The van der Waals surface area contributed by atoms with Crippen molar-refractivity contribution in [3.8, 4) is 0 Å². The predicted octanol–water partition coefficient (Wildman–Crippen LogP) is -2.14. The van der Waals surface area contributed by atoms with Gasteiger partial charge in [-0.1, -0.05) is 0 Å². The topological polar surface area (TPSA) is 202 Å². The SMILES string of the molecule is CSCC[C@H](NC(=O)[C@H](CC(=O)O)NC(=O)[C@@H](N)CCC(N)=O)C(=O)O. The quantitative estimate of drug-likeness (QED) is 0.202. The number of nitrogens with two attached hydrogens (primary N) is 2. The molecule has 3 atom stereocenters. The lowest BCUT2D eigenvalue weighted by molar-refractivity contribution is -0.143. The van der Waals surface area contributed by atoms with E-state index in [1.807, 2.05) is 0 Å². The summed E-state index contributed by atoms with van der Waals surface area (Å²) in [6.45, 7) is 0. The third-order valence-electron chi connectivity index (χ3n) is 3.28. The molecule has 12 heteroatoms. The Bertz CT molecular complexity index is 543. The second-order valence-corrected chi connectivity index (χ2v) is 6.44. The minimum Gasteiger partial charge on any atom is -0.481 e. The normalized spacial score (nSPS) is 13.9. The van der Waals surface area contributed by atoms with Crippen LogP contribution in [-0.4, -0.2) is 70.0 Å². The molecular weight excluding hydrogens is 368 g/mol. The van der Waals surface area contributed by atoms with Gasteiger partial charge in [-0.25, -0.2) is 4.79 Å². The Morgan fingerprint density at radius 1 is 1.00 bits per heavy atom. The van der Waals surface area contributed by atoms with Gasteiger partial charge in [0, 0.05) is 6.42 Å². The molecule has 0 bridgehead atoms. The van der Waals surface area contributed by atoms with Crippen LogP contribution >= 0.6 is 11.8 Å². The van der Waals surface area contributed by atoms with Gasteiger partial charge in [0.15, 0.2) is 0 Å². The first-order valence-corrected chi connectivity index (χ1v) is 9.06. The molecule has 26 heavy (non-hydrogen) atoms. The minimum absolute atomic E-state index is 0.0753. The van der Waals surface area contributed by atoms with Crippen molar-refractivity contribution in [1.82, 2.24) is 10.6 Å². The van der Waals surface area contributed by atoms with Gasteiger partial charge in [-0.3, -0.25) is 19.2 Å². The third-order valence-corrected chi connectivity index (χ3v) is 3.92. The molecule has 3 amide bonds. The zero-order valence-electron chi connectivity index (χ0n) is 14.3. The molecule has 8 N–H and O–H groups in total. The Morgan fingerprint density at radius 2 is 1.58 bits per heavy atom. The molecule has 0 rings (SSSR count). The highest BCUT2D eigenvalue weighted by atomic mass is 32.2. The molecule has 0 aromatic rings. The maximum Gasteiger partial charge on any atom is 0.326 e. The van der Waals surface area contributed by atoms with Crippen molar-refractivity contribution in [2.75, 3.05) is 12.0 Å². The Labute approximate surface area is 154 Å². The van der Waals surface area contributed by atoms with E-state index in [0.29, 0.717) is 5.75 Å². The monoisotopic (exact) mass is 392 g/mol. The lowest BCUT2D eigenvalue weighted by Crippen LogP contribution is -2.55. The molecule has 0 aromatic heterocycles. The fraction of sp³-hybridized carbons (Fsp3) is 0.643. The summed E-state index contributed by atoms with van der Waals surface area (Å²) < 4.78 is 0. The molecule has 11 nitrogen and oxygen atoms in total. The molecule has 0 saturated carbocycles. The molecule has 0 aromatic carbocycles. The van der Waals surface area contributed by atoms with Crippen LogP contribution < -0.4 is 22.1 Å². The van der Waals surface area contributed by atoms with Gasteiger partial charge >= 0.3 is 11.9 Å². The van der Waals surface area contributed by atoms with E-state index in [-0.39, 0.29) is 19.3 Å². The minimum atomic E-state index is -1.50. The summed E-state index contributed by atoms with van der Waals surface area (Å²) in [4.78, 5) is 57.0. The highest BCUT2D eigenvalue weighted by molar-refractivity contribution is 7.98. The standard InChI is InChI=1S/C14H24N4O7S/c1-26-5-4-8(14(24)25)17-13(23)9(6-11(20)21)18-12(22)7(15)2-3-10(16)19/h7-9H,2-6,15H2,1H3,(H2,16,19)(H,17,23)(H,18,22)(H,20,21)(H,24,25)/t7-,8-,9-/m0/s1. The summed E-state index contributed by atoms with van der Waals surface area (Å²) in [5.41, 5.74) is 10.5. The first-order valence-electron chi connectivity index (χ1n) is 7.66. The Hall–Kier alpha value is -2.34. The number of nitrogens with one attached hydrogen (secondary N) is 2. The first kappa shape index (κ1) is 23.7. The van der Waals surface area contributed by atoms with Crippen LogP contribution in [0.4, 0.5) is 0 Å². The number of hydrogen-bond acceptors (Lipinski definition) is 7. The van der Waals surface area contributed by atoms with E-state index < -0.39 is 54.2 Å². The smallest absolute Gasteiger partial charge is 0.326 e. The Morgan fingerprint density at radius 3 is 2.04 bits per heavy atom. The van der Waals surface area contributed by atoms with Gasteiger partial charge in [0.05, 0.1) is 12.5 Å². The maximum atomic E-state index is 12.2. The largest absolute Gasteiger partial charge is 0.481 e. The maximum absolute atomic E-state index is 12.2. The molecule has 0 heterocycles. The molecule has 0 unspecified atom stereocenters. The van der Waals surface area contributed by atoms with Crippen molar-refractivity contribution < 1.29 is 34.2 Å². The van der Waals surface area contributed by atoms with E-state index in [1.165, 1.54) is 11.8 Å². The highest BCUT2D eigenvalue weighted by Gasteiger charge is 2.29. The van der Waals surface area contributed by atoms with E-state index >= 15 is 0 Å². The van der Waals surface area contributed by atoms with Crippen LogP contribution in [-0.2, 0) is 24.0 Å². The molecular formula is C14H24N4O7S. The lowest BCUT2D eigenvalue weighted by atomic mass is 10.1. The van der Waals surface area contributed by atoms with Crippen LogP contribution in [0.2, 0.25) is 0 Å². The number of primary amides is 1. The Balaban J connectivity index is 4.96. The number of hydrogen-bond donors (Lipinski definition) is 6. The predicted molar refractivity (Wildman–Crippen MR) is 93.2 cm³/mol. The van der Waals surface area contributed by atoms with Crippen molar-refractivity contribution >= 4 is 41.4 Å². The molecule has 0 fully saturated rings. The molecule has 0 radical (unpaired) electrons. The number of thioether (sulfide) groups is 1. The summed E-state index contributed by atoms with van der Waals surface area (Å²) in [5, 5.41) is 22.4. The zero-order chi connectivity index (χ0) is 20.3. The van der Waals surface area contributed by atoms with Crippen molar-refractivity contribution in [2.24, 2.45) is 11.5 Å². The van der Waals surface area contributed by atoms with Gasteiger partial charge < -0.3 is 32.3 Å². The van der Waals surface area contributed by atoms with Crippen molar-refractivity contribution in [1.29, 1.82) is 0 Å². The molecule has 0 aliphatic carbocycles. The van der Waals surface area contributed by atoms with Gasteiger partial charge in [-0.15, -0.1) is 0 Å². The third kappa shape index (κ3) is 9.84. The van der Waals surface area contributed by atoms with Crippen LogP contribution in [0.15, 0.2) is 0 Å². The second kappa shape index (κ2) is 12.1. The van der Waals surface area contributed by atoms with Crippen molar-refractivity contribution in [2.45, 2.75) is 43.8 Å². The fourth-order valence-corrected chi connectivity index (χ4v) is 2.33. The van der Waals surface area contributed by atoms with Crippen LogP contribution in [0.25, 0.3) is 0 Å².